The van der Waals surface area contributed by atoms with Crippen LogP contribution in [0.2, 0.25) is 0 Å². The highest BCUT2D eigenvalue weighted by Crippen LogP contribution is 2.36. The molecular formula is C16H28N2O3. The average Bonchev–Trinajstić information content (AvgIpc) is 2.46. The summed E-state index contributed by atoms with van der Waals surface area (Å²) in [6, 6.07) is -0.665. The molecule has 21 heavy (non-hydrogen) atoms. The Bertz CT molecular complexity index is 402. The third-order valence-corrected chi connectivity index (χ3v) is 5.32. The number of nitrogens with one attached hydrogen (secondary N) is 1. The van der Waals surface area contributed by atoms with Crippen LogP contribution >= 0.6 is 0 Å². The van der Waals surface area contributed by atoms with Crippen molar-refractivity contribution in [1.29, 1.82) is 0 Å². The van der Waals surface area contributed by atoms with Gasteiger partial charge in [-0.1, -0.05) is 20.8 Å². The highest BCUT2D eigenvalue weighted by Gasteiger charge is 2.45. The van der Waals surface area contributed by atoms with Crippen molar-refractivity contribution >= 4 is 11.9 Å². The zero-order chi connectivity index (χ0) is 15.6. The number of carbonyl (C=O) groups is 2. The fraction of sp³-hybridized carbons (Fsp3) is 0.875. The minimum atomic E-state index is -0.867. The third kappa shape index (κ3) is 3.23. The minimum Gasteiger partial charge on any atom is -0.480 e. The van der Waals surface area contributed by atoms with Crippen LogP contribution in [0.5, 0.6) is 0 Å². The Morgan fingerprint density at radius 1 is 1.24 bits per heavy atom. The van der Waals surface area contributed by atoms with Crippen LogP contribution in [-0.2, 0) is 9.59 Å². The molecule has 2 aliphatic rings. The Balaban J connectivity index is 2.17. The van der Waals surface area contributed by atoms with Crippen molar-refractivity contribution < 1.29 is 14.7 Å². The highest BCUT2D eigenvalue weighted by atomic mass is 16.4. The molecule has 3 atom stereocenters. The van der Waals surface area contributed by atoms with Crippen molar-refractivity contribution in [3.05, 3.63) is 0 Å². The second-order valence-corrected chi connectivity index (χ2v) is 7.17. The highest BCUT2D eigenvalue weighted by molar-refractivity contribution is 5.87. The van der Waals surface area contributed by atoms with E-state index in [1.807, 2.05) is 20.8 Å². The Kier molecular flexibility index (Phi) is 4.91. The summed E-state index contributed by atoms with van der Waals surface area (Å²) in [7, 11) is 0. The fourth-order valence-corrected chi connectivity index (χ4v) is 3.80. The molecule has 120 valence electrons. The summed E-state index contributed by atoms with van der Waals surface area (Å²) < 4.78 is 0. The molecule has 2 saturated heterocycles. The van der Waals surface area contributed by atoms with Gasteiger partial charge in [-0.3, -0.25) is 4.79 Å². The van der Waals surface area contributed by atoms with Crippen molar-refractivity contribution in [1.82, 2.24) is 10.2 Å². The summed E-state index contributed by atoms with van der Waals surface area (Å²) in [5, 5.41) is 12.9. The fourth-order valence-electron chi connectivity index (χ4n) is 3.80. The molecule has 2 rings (SSSR count). The monoisotopic (exact) mass is 296 g/mol. The predicted molar refractivity (Wildman–Crippen MR) is 80.9 cm³/mol. The third-order valence-electron chi connectivity index (χ3n) is 5.32. The first-order valence-corrected chi connectivity index (χ1v) is 8.10. The number of nitrogens with zero attached hydrogens (tertiary/aromatic N) is 1. The van der Waals surface area contributed by atoms with E-state index in [2.05, 4.69) is 5.32 Å². The zero-order valence-corrected chi connectivity index (χ0v) is 13.4. The van der Waals surface area contributed by atoms with Crippen molar-refractivity contribution in [2.45, 2.75) is 52.5 Å². The largest absolute Gasteiger partial charge is 0.480 e. The van der Waals surface area contributed by atoms with Gasteiger partial charge in [0.25, 0.3) is 0 Å². The van der Waals surface area contributed by atoms with Crippen molar-refractivity contribution in [3.8, 4) is 0 Å². The number of hydrogen-bond donors (Lipinski definition) is 2. The molecule has 0 aromatic carbocycles. The molecule has 0 radical (unpaired) electrons. The summed E-state index contributed by atoms with van der Waals surface area (Å²) >= 11 is 0. The Labute approximate surface area is 127 Å². The normalized spacial score (nSPS) is 31.0. The van der Waals surface area contributed by atoms with Gasteiger partial charge in [0.2, 0.25) is 5.91 Å². The van der Waals surface area contributed by atoms with Crippen LogP contribution in [0, 0.1) is 17.3 Å². The first kappa shape index (κ1) is 16.3. The van der Waals surface area contributed by atoms with Crippen molar-refractivity contribution in [2.24, 2.45) is 17.3 Å². The second kappa shape index (κ2) is 6.34. The molecule has 0 aliphatic carbocycles. The van der Waals surface area contributed by atoms with Gasteiger partial charge in [-0.15, -0.1) is 0 Å². The van der Waals surface area contributed by atoms with Crippen LogP contribution in [0.1, 0.15) is 46.5 Å². The van der Waals surface area contributed by atoms with Gasteiger partial charge < -0.3 is 15.3 Å². The number of rotatable bonds is 3. The van der Waals surface area contributed by atoms with Gasteiger partial charge in [0.15, 0.2) is 0 Å². The van der Waals surface area contributed by atoms with Gasteiger partial charge in [-0.2, -0.15) is 0 Å². The molecule has 3 unspecified atom stereocenters. The molecule has 2 aliphatic heterocycles. The quantitative estimate of drug-likeness (QED) is 0.832. The molecule has 0 aromatic heterocycles. The molecular weight excluding hydrogens is 268 g/mol. The van der Waals surface area contributed by atoms with E-state index in [0.29, 0.717) is 6.54 Å². The van der Waals surface area contributed by atoms with E-state index in [1.165, 1.54) is 0 Å². The smallest absolute Gasteiger partial charge is 0.326 e. The molecule has 0 saturated carbocycles. The standard InChI is InChI=1S/C16H28N2O3/c1-11-6-5-9-18(13(11)14(19)20)15(21)16(2,3)12-7-4-8-17-10-12/h11-13,17H,4-10H2,1-3H3,(H,19,20). The first-order chi connectivity index (χ1) is 9.85. The van der Waals surface area contributed by atoms with E-state index in [1.54, 1.807) is 4.90 Å². The number of likely N-dealkylation sites (tertiary alicyclic amines) is 1. The number of carboxylic acids is 1. The zero-order valence-electron chi connectivity index (χ0n) is 13.4. The number of piperidine rings is 2. The topological polar surface area (TPSA) is 69.6 Å². The number of aliphatic carboxylic acids is 1. The van der Waals surface area contributed by atoms with Crippen LogP contribution in [0.4, 0.5) is 0 Å². The summed E-state index contributed by atoms with van der Waals surface area (Å²) in [5.41, 5.74) is -0.502. The molecule has 5 nitrogen and oxygen atoms in total. The number of hydrogen-bond acceptors (Lipinski definition) is 3. The van der Waals surface area contributed by atoms with Gasteiger partial charge in [-0.25, -0.2) is 4.79 Å². The second-order valence-electron chi connectivity index (χ2n) is 7.17. The summed E-state index contributed by atoms with van der Waals surface area (Å²) in [6.07, 6.45) is 3.90. The Hall–Kier alpha value is -1.10. The lowest BCUT2D eigenvalue weighted by Crippen LogP contribution is -2.57. The van der Waals surface area contributed by atoms with E-state index in [-0.39, 0.29) is 17.7 Å². The molecule has 5 heteroatoms. The van der Waals surface area contributed by atoms with E-state index in [9.17, 15) is 14.7 Å². The first-order valence-electron chi connectivity index (χ1n) is 8.10. The van der Waals surface area contributed by atoms with Crippen LogP contribution in [-0.4, -0.2) is 47.6 Å². The van der Waals surface area contributed by atoms with Gasteiger partial charge in [0, 0.05) is 12.0 Å². The molecule has 0 spiro atoms. The minimum absolute atomic E-state index is 0.00940. The molecule has 2 N–H and O–H groups in total. The maximum absolute atomic E-state index is 13.0. The average molecular weight is 296 g/mol. The molecule has 0 bridgehead atoms. The van der Waals surface area contributed by atoms with E-state index < -0.39 is 17.4 Å². The lowest BCUT2D eigenvalue weighted by atomic mass is 9.73. The van der Waals surface area contributed by atoms with Gasteiger partial charge in [-0.05, 0) is 50.6 Å². The van der Waals surface area contributed by atoms with Gasteiger partial charge in [0.05, 0.1) is 0 Å². The molecule has 0 aromatic rings. The molecule has 1 amide bonds. The predicted octanol–water partition coefficient (Wildman–Crippen LogP) is 1.72. The van der Waals surface area contributed by atoms with Crippen LogP contribution in [0.15, 0.2) is 0 Å². The number of carbonyl (C=O) groups excluding carboxylic acids is 1. The maximum Gasteiger partial charge on any atom is 0.326 e. The maximum atomic E-state index is 13.0. The van der Waals surface area contributed by atoms with Crippen molar-refractivity contribution in [2.75, 3.05) is 19.6 Å². The molecule has 2 heterocycles. The number of carboxylic acid groups (broad SMARTS) is 1. The lowest BCUT2D eigenvalue weighted by molar-refractivity contribution is -0.161. The van der Waals surface area contributed by atoms with Gasteiger partial charge >= 0.3 is 5.97 Å². The van der Waals surface area contributed by atoms with E-state index >= 15 is 0 Å². The van der Waals surface area contributed by atoms with Crippen LogP contribution in [0.25, 0.3) is 0 Å². The Morgan fingerprint density at radius 2 is 1.95 bits per heavy atom. The SMILES string of the molecule is CC1CCCN(C(=O)C(C)(C)C2CCCNC2)C1C(=O)O. The van der Waals surface area contributed by atoms with Gasteiger partial charge in [0.1, 0.15) is 6.04 Å². The van der Waals surface area contributed by atoms with Crippen LogP contribution < -0.4 is 5.32 Å². The van der Waals surface area contributed by atoms with E-state index in [0.717, 1.165) is 38.8 Å². The van der Waals surface area contributed by atoms with Crippen LogP contribution in [0.3, 0.4) is 0 Å². The molecule has 2 fully saturated rings. The summed E-state index contributed by atoms with van der Waals surface area (Å²) in [4.78, 5) is 26.2. The van der Waals surface area contributed by atoms with E-state index in [4.69, 9.17) is 0 Å². The Morgan fingerprint density at radius 3 is 2.52 bits per heavy atom. The lowest BCUT2D eigenvalue weighted by Gasteiger charge is -2.44. The summed E-state index contributed by atoms with van der Waals surface area (Å²) in [6.45, 7) is 8.33. The number of amides is 1. The van der Waals surface area contributed by atoms with Crippen molar-refractivity contribution in [3.63, 3.8) is 0 Å². The summed E-state index contributed by atoms with van der Waals surface area (Å²) in [5.74, 6) is -0.547.